The van der Waals surface area contributed by atoms with E-state index < -0.39 is 0 Å². The van der Waals surface area contributed by atoms with Crippen molar-refractivity contribution >= 4 is 21.6 Å². The highest BCUT2D eigenvalue weighted by Gasteiger charge is 2.00. The van der Waals surface area contributed by atoms with Crippen LogP contribution in [0, 0.1) is 5.82 Å². The summed E-state index contributed by atoms with van der Waals surface area (Å²) >= 11 is 3.32. The average molecular weight is 296 g/mol. The highest BCUT2D eigenvalue weighted by molar-refractivity contribution is 9.10. The zero-order valence-corrected chi connectivity index (χ0v) is 10.6. The van der Waals surface area contributed by atoms with Crippen LogP contribution in [-0.4, -0.2) is 0 Å². The minimum Gasteiger partial charge on any atom is -0.489 e. The van der Waals surface area contributed by atoms with Crippen molar-refractivity contribution in [1.29, 1.82) is 0 Å². The van der Waals surface area contributed by atoms with E-state index in [1.54, 1.807) is 24.3 Å². The maximum Gasteiger partial charge on any atom is 0.123 e. The fourth-order valence-electron chi connectivity index (χ4n) is 1.39. The molecule has 0 bridgehead atoms. The van der Waals surface area contributed by atoms with Crippen LogP contribution in [0.4, 0.5) is 10.1 Å². The molecule has 0 saturated carbocycles. The van der Waals surface area contributed by atoms with Crippen molar-refractivity contribution in [2.75, 3.05) is 5.73 Å². The topological polar surface area (TPSA) is 35.2 Å². The van der Waals surface area contributed by atoms with Crippen LogP contribution in [0.2, 0.25) is 0 Å². The molecule has 0 aromatic heterocycles. The zero-order chi connectivity index (χ0) is 12.3. The van der Waals surface area contributed by atoms with E-state index in [2.05, 4.69) is 15.9 Å². The van der Waals surface area contributed by atoms with Gasteiger partial charge in [0.15, 0.2) is 0 Å². The van der Waals surface area contributed by atoms with Gasteiger partial charge in [0.1, 0.15) is 18.2 Å². The van der Waals surface area contributed by atoms with Crippen molar-refractivity contribution in [2.45, 2.75) is 6.61 Å². The maximum absolute atomic E-state index is 12.9. The second kappa shape index (κ2) is 5.19. The Labute approximate surface area is 107 Å². The molecule has 0 aliphatic heterocycles. The summed E-state index contributed by atoms with van der Waals surface area (Å²) in [7, 11) is 0. The highest BCUT2D eigenvalue weighted by Crippen LogP contribution is 2.25. The first-order valence-corrected chi connectivity index (χ1v) is 5.87. The number of halogens is 2. The second-order valence-corrected chi connectivity index (χ2v) is 4.46. The van der Waals surface area contributed by atoms with Gasteiger partial charge in [-0.3, -0.25) is 0 Å². The van der Waals surface area contributed by atoms with E-state index in [4.69, 9.17) is 10.5 Å². The predicted molar refractivity (Wildman–Crippen MR) is 69.3 cm³/mol. The first-order chi connectivity index (χ1) is 8.15. The molecule has 0 atom stereocenters. The van der Waals surface area contributed by atoms with Crippen LogP contribution >= 0.6 is 15.9 Å². The largest absolute Gasteiger partial charge is 0.489 e. The summed E-state index contributed by atoms with van der Waals surface area (Å²) in [6, 6.07) is 11.6. The van der Waals surface area contributed by atoms with E-state index in [1.165, 1.54) is 12.1 Å². The van der Waals surface area contributed by atoms with Gasteiger partial charge in [0, 0.05) is 10.2 Å². The van der Waals surface area contributed by atoms with Gasteiger partial charge in [-0.05, 0) is 51.8 Å². The summed E-state index contributed by atoms with van der Waals surface area (Å²) in [5.74, 6) is 0.430. The summed E-state index contributed by atoms with van der Waals surface area (Å²) in [5, 5.41) is 0. The molecule has 0 radical (unpaired) electrons. The number of rotatable bonds is 3. The SMILES string of the molecule is Nc1ccc(OCc2cccc(F)c2)cc1Br. The molecule has 0 unspecified atom stereocenters. The average Bonchev–Trinajstić information content (AvgIpc) is 2.31. The molecule has 17 heavy (non-hydrogen) atoms. The predicted octanol–water partition coefficient (Wildman–Crippen LogP) is 3.75. The molecule has 2 aromatic carbocycles. The van der Waals surface area contributed by atoms with E-state index in [1.807, 2.05) is 6.07 Å². The van der Waals surface area contributed by atoms with Crippen LogP contribution in [0.5, 0.6) is 5.75 Å². The van der Waals surface area contributed by atoms with Crippen LogP contribution in [0.1, 0.15) is 5.56 Å². The molecular formula is C13H11BrFNO. The van der Waals surface area contributed by atoms with Gasteiger partial charge in [-0.25, -0.2) is 4.39 Å². The van der Waals surface area contributed by atoms with Crippen LogP contribution in [0.3, 0.4) is 0 Å². The Bertz CT molecular complexity index is 531. The molecule has 2 N–H and O–H groups in total. The molecule has 88 valence electrons. The molecule has 2 aromatic rings. The van der Waals surface area contributed by atoms with Crippen molar-refractivity contribution in [2.24, 2.45) is 0 Å². The number of ether oxygens (including phenoxy) is 1. The Morgan fingerprint density at radius 2 is 2.00 bits per heavy atom. The van der Waals surface area contributed by atoms with Crippen LogP contribution < -0.4 is 10.5 Å². The van der Waals surface area contributed by atoms with Crippen molar-refractivity contribution in [3.05, 3.63) is 58.3 Å². The van der Waals surface area contributed by atoms with Crippen molar-refractivity contribution in [1.82, 2.24) is 0 Å². The number of hydrogen-bond acceptors (Lipinski definition) is 2. The summed E-state index contributed by atoms with van der Waals surface area (Å²) in [6.07, 6.45) is 0. The quantitative estimate of drug-likeness (QED) is 0.875. The molecule has 0 aliphatic rings. The molecule has 4 heteroatoms. The number of anilines is 1. The van der Waals surface area contributed by atoms with Crippen LogP contribution in [0.25, 0.3) is 0 Å². The normalized spacial score (nSPS) is 10.2. The van der Waals surface area contributed by atoms with Gasteiger partial charge in [0.25, 0.3) is 0 Å². The summed E-state index contributed by atoms with van der Waals surface area (Å²) in [5.41, 5.74) is 7.11. The highest BCUT2D eigenvalue weighted by atomic mass is 79.9. The summed E-state index contributed by atoms with van der Waals surface area (Å²) in [6.45, 7) is 0.327. The first-order valence-electron chi connectivity index (χ1n) is 5.07. The lowest BCUT2D eigenvalue weighted by atomic mass is 10.2. The number of nitrogens with two attached hydrogens (primary N) is 1. The lowest BCUT2D eigenvalue weighted by Crippen LogP contribution is -1.96. The second-order valence-electron chi connectivity index (χ2n) is 3.60. The van der Waals surface area contributed by atoms with Gasteiger partial charge in [-0.15, -0.1) is 0 Å². The Hall–Kier alpha value is -1.55. The lowest BCUT2D eigenvalue weighted by Gasteiger charge is -2.07. The standard InChI is InChI=1S/C13H11BrFNO/c14-12-7-11(4-5-13(12)16)17-8-9-2-1-3-10(15)6-9/h1-7H,8,16H2. The Morgan fingerprint density at radius 1 is 1.18 bits per heavy atom. The molecule has 2 nitrogen and oxygen atoms in total. The molecular weight excluding hydrogens is 285 g/mol. The molecule has 0 saturated heterocycles. The minimum atomic E-state index is -0.260. The van der Waals surface area contributed by atoms with Gasteiger partial charge in [-0.2, -0.15) is 0 Å². The maximum atomic E-state index is 12.9. The van der Waals surface area contributed by atoms with E-state index in [-0.39, 0.29) is 5.82 Å². The molecule has 0 heterocycles. The van der Waals surface area contributed by atoms with Crippen LogP contribution in [0.15, 0.2) is 46.9 Å². The third-order valence-corrected chi connectivity index (χ3v) is 2.95. The third kappa shape index (κ3) is 3.20. The van der Waals surface area contributed by atoms with E-state index in [0.29, 0.717) is 18.0 Å². The third-order valence-electron chi connectivity index (χ3n) is 2.27. The summed E-state index contributed by atoms with van der Waals surface area (Å²) < 4.78 is 19.2. The van der Waals surface area contributed by atoms with Gasteiger partial charge >= 0.3 is 0 Å². The minimum absolute atomic E-state index is 0.260. The molecule has 0 aliphatic carbocycles. The zero-order valence-electron chi connectivity index (χ0n) is 8.99. The Morgan fingerprint density at radius 3 is 2.71 bits per heavy atom. The van der Waals surface area contributed by atoms with E-state index >= 15 is 0 Å². The molecule has 0 spiro atoms. The number of hydrogen-bond donors (Lipinski definition) is 1. The summed E-state index contributed by atoms with van der Waals surface area (Å²) in [4.78, 5) is 0. The van der Waals surface area contributed by atoms with Gasteiger partial charge in [0.2, 0.25) is 0 Å². The van der Waals surface area contributed by atoms with Crippen molar-refractivity contribution < 1.29 is 9.13 Å². The van der Waals surface area contributed by atoms with Gasteiger partial charge < -0.3 is 10.5 Å². The van der Waals surface area contributed by atoms with Crippen molar-refractivity contribution in [3.8, 4) is 5.75 Å². The van der Waals surface area contributed by atoms with Crippen molar-refractivity contribution in [3.63, 3.8) is 0 Å². The fourth-order valence-corrected chi connectivity index (χ4v) is 1.75. The van der Waals surface area contributed by atoms with Crippen LogP contribution in [-0.2, 0) is 6.61 Å². The van der Waals surface area contributed by atoms with E-state index in [0.717, 1.165) is 10.0 Å². The lowest BCUT2D eigenvalue weighted by molar-refractivity contribution is 0.305. The number of nitrogen functional groups attached to an aromatic ring is 1. The molecule has 0 amide bonds. The monoisotopic (exact) mass is 295 g/mol. The van der Waals surface area contributed by atoms with Gasteiger partial charge in [0.05, 0.1) is 0 Å². The van der Waals surface area contributed by atoms with Gasteiger partial charge in [-0.1, -0.05) is 12.1 Å². The Kier molecular flexibility index (Phi) is 3.64. The molecule has 2 rings (SSSR count). The smallest absolute Gasteiger partial charge is 0.123 e. The molecule has 0 fully saturated rings. The Balaban J connectivity index is 2.05. The first kappa shape index (κ1) is 11.9. The van der Waals surface area contributed by atoms with E-state index in [9.17, 15) is 4.39 Å². The number of benzene rings is 2. The fraction of sp³-hybridized carbons (Fsp3) is 0.0769.